The number of ether oxygens (including phenoxy) is 3. The first-order valence-corrected chi connectivity index (χ1v) is 6.95. The van der Waals surface area contributed by atoms with E-state index in [1.54, 1.807) is 6.07 Å². The number of hydrogen-bond acceptors (Lipinski definition) is 10. The Labute approximate surface area is 136 Å². The van der Waals surface area contributed by atoms with Crippen molar-refractivity contribution in [2.24, 2.45) is 0 Å². The van der Waals surface area contributed by atoms with Crippen molar-refractivity contribution in [3.63, 3.8) is 0 Å². The summed E-state index contributed by atoms with van der Waals surface area (Å²) in [6.45, 7) is -0.698. The summed E-state index contributed by atoms with van der Waals surface area (Å²) in [5.74, 6) is -1.08. The first kappa shape index (κ1) is 18.6. The van der Waals surface area contributed by atoms with Crippen LogP contribution in [0.1, 0.15) is 0 Å². The zero-order valence-corrected chi connectivity index (χ0v) is 12.6. The van der Waals surface area contributed by atoms with Crippen LogP contribution in [0.3, 0.4) is 0 Å². The van der Waals surface area contributed by atoms with Crippen LogP contribution >= 0.6 is 0 Å². The number of hydrogen-bond donors (Lipinski definition) is 6. The van der Waals surface area contributed by atoms with E-state index >= 15 is 0 Å². The zero-order chi connectivity index (χ0) is 18.1. The lowest BCUT2D eigenvalue weighted by Gasteiger charge is -2.44. The average molecular weight is 346 g/mol. The van der Waals surface area contributed by atoms with Crippen LogP contribution in [0.4, 0.5) is 0 Å². The fraction of sp³-hybridized carbons (Fsp3) is 0.692. The fourth-order valence-electron chi connectivity index (χ4n) is 2.46. The van der Waals surface area contributed by atoms with Crippen molar-refractivity contribution in [2.45, 2.75) is 42.5 Å². The van der Waals surface area contributed by atoms with Crippen molar-refractivity contribution < 1.29 is 44.5 Å². The van der Waals surface area contributed by atoms with E-state index in [2.05, 4.69) is 0 Å². The molecule has 2 aliphatic heterocycles. The Morgan fingerprint density at radius 2 is 2.00 bits per heavy atom. The van der Waals surface area contributed by atoms with Gasteiger partial charge in [0.15, 0.2) is 18.3 Å². The number of nitrogens with one attached hydrogen (secondary N) is 1. The second-order valence-electron chi connectivity index (χ2n) is 5.29. The summed E-state index contributed by atoms with van der Waals surface area (Å²) in [6, 6.07) is 1.64. The maximum absolute atomic E-state index is 11.4. The highest BCUT2D eigenvalue weighted by molar-refractivity contribution is 5.90. The van der Waals surface area contributed by atoms with Crippen LogP contribution in [0.15, 0.2) is 11.8 Å². The summed E-state index contributed by atoms with van der Waals surface area (Å²) in [5.41, 5.74) is -2.27. The third-order valence-corrected chi connectivity index (χ3v) is 3.83. The second kappa shape index (κ2) is 6.99. The molecule has 2 aliphatic rings. The molecule has 0 spiro atoms. The molecule has 1 saturated heterocycles. The quantitative estimate of drug-likeness (QED) is 0.294. The molecule has 24 heavy (non-hydrogen) atoms. The van der Waals surface area contributed by atoms with E-state index in [4.69, 9.17) is 19.3 Å². The smallest absolute Gasteiger partial charge is 0.258 e. The number of amides is 1. The molecule has 2 heterocycles. The first-order chi connectivity index (χ1) is 11.3. The van der Waals surface area contributed by atoms with Gasteiger partial charge in [0.05, 0.1) is 13.7 Å². The van der Waals surface area contributed by atoms with E-state index in [-0.39, 0.29) is 5.76 Å². The van der Waals surface area contributed by atoms with Gasteiger partial charge in [0, 0.05) is 6.08 Å². The Bertz CT molecular complexity index is 560. The molecular weight excluding hydrogens is 328 g/mol. The molecule has 0 aromatic carbocycles. The molecule has 11 nitrogen and oxygen atoms in total. The van der Waals surface area contributed by atoms with Crippen LogP contribution in [0.5, 0.6) is 0 Å². The SMILES string of the molecule is COC1=CC(=O)N[C@@H](O)[C@]1(C#N)O[C@@H]1O[C@H](CO)[C@@H](O)[C@H](O)[C@H]1O. The third-order valence-electron chi connectivity index (χ3n) is 3.83. The van der Waals surface area contributed by atoms with Gasteiger partial charge in [-0.2, -0.15) is 5.26 Å². The monoisotopic (exact) mass is 346 g/mol. The molecule has 11 heteroatoms. The summed E-state index contributed by atoms with van der Waals surface area (Å²) in [5, 5.41) is 60.2. The molecular formula is C13H18N2O9. The molecule has 0 aromatic rings. The molecule has 0 unspecified atom stereocenters. The normalized spacial score (nSPS) is 42.7. The Morgan fingerprint density at radius 1 is 1.33 bits per heavy atom. The number of rotatable bonds is 4. The summed E-state index contributed by atoms with van der Waals surface area (Å²) in [7, 11) is 1.14. The number of carbonyl (C=O) groups excluding carboxylic acids is 1. The van der Waals surface area contributed by atoms with Crippen LogP contribution in [-0.2, 0) is 19.0 Å². The predicted octanol–water partition coefficient (Wildman–Crippen LogP) is -3.96. The summed E-state index contributed by atoms with van der Waals surface area (Å²) in [4.78, 5) is 11.4. The van der Waals surface area contributed by atoms with E-state index in [0.29, 0.717) is 0 Å². The fourth-order valence-corrected chi connectivity index (χ4v) is 2.46. The van der Waals surface area contributed by atoms with Gasteiger partial charge in [-0.3, -0.25) is 4.79 Å². The van der Waals surface area contributed by atoms with Gasteiger partial charge in [-0.25, -0.2) is 0 Å². The highest BCUT2D eigenvalue weighted by atomic mass is 16.7. The van der Waals surface area contributed by atoms with Gasteiger partial charge in [-0.15, -0.1) is 0 Å². The largest absolute Gasteiger partial charge is 0.496 e. The molecule has 134 valence electrons. The van der Waals surface area contributed by atoms with Gasteiger partial charge in [0.1, 0.15) is 30.5 Å². The Balaban J connectivity index is 2.33. The summed E-state index contributed by atoms with van der Waals surface area (Å²) in [6.07, 6.45) is -9.10. The highest BCUT2D eigenvalue weighted by Crippen LogP contribution is 2.33. The average Bonchev–Trinajstić information content (AvgIpc) is 2.57. The van der Waals surface area contributed by atoms with Crippen LogP contribution < -0.4 is 5.32 Å². The van der Waals surface area contributed by atoms with Gasteiger partial charge >= 0.3 is 0 Å². The first-order valence-electron chi connectivity index (χ1n) is 6.95. The summed E-state index contributed by atoms with van der Waals surface area (Å²) >= 11 is 0. The molecule has 0 bridgehead atoms. The van der Waals surface area contributed by atoms with Gasteiger partial charge in [0.2, 0.25) is 5.91 Å². The van der Waals surface area contributed by atoms with Crippen molar-refractivity contribution >= 4 is 5.91 Å². The van der Waals surface area contributed by atoms with Crippen molar-refractivity contribution in [2.75, 3.05) is 13.7 Å². The van der Waals surface area contributed by atoms with E-state index in [9.17, 15) is 30.5 Å². The van der Waals surface area contributed by atoms with Crippen molar-refractivity contribution in [1.29, 1.82) is 5.26 Å². The second-order valence-corrected chi connectivity index (χ2v) is 5.29. The van der Waals surface area contributed by atoms with Crippen LogP contribution in [-0.4, -0.2) is 87.7 Å². The molecule has 1 amide bonds. The maximum Gasteiger partial charge on any atom is 0.258 e. The molecule has 6 N–H and O–H groups in total. The minimum atomic E-state index is -2.27. The lowest BCUT2D eigenvalue weighted by molar-refractivity contribution is -0.327. The van der Waals surface area contributed by atoms with Crippen molar-refractivity contribution in [3.05, 3.63) is 11.8 Å². The summed E-state index contributed by atoms with van der Waals surface area (Å²) < 4.78 is 15.4. The van der Waals surface area contributed by atoms with Crippen LogP contribution in [0, 0.1) is 11.3 Å². The van der Waals surface area contributed by atoms with Gasteiger partial charge < -0.3 is 45.1 Å². The number of nitrogens with zero attached hydrogens (tertiary/aromatic N) is 1. The van der Waals surface area contributed by atoms with E-state index in [1.807, 2.05) is 5.32 Å². The van der Waals surface area contributed by atoms with Gasteiger partial charge in [-0.1, -0.05) is 0 Å². The number of aliphatic hydroxyl groups excluding tert-OH is 5. The lowest BCUT2D eigenvalue weighted by atomic mass is 9.95. The van der Waals surface area contributed by atoms with Crippen LogP contribution in [0.25, 0.3) is 0 Å². The zero-order valence-electron chi connectivity index (χ0n) is 12.6. The Morgan fingerprint density at radius 3 is 2.54 bits per heavy atom. The number of carbonyl (C=O) groups is 1. The van der Waals surface area contributed by atoms with Crippen LogP contribution in [0.2, 0.25) is 0 Å². The van der Waals surface area contributed by atoms with Gasteiger partial charge in [-0.05, 0) is 0 Å². The van der Waals surface area contributed by atoms with E-state index in [1.165, 1.54) is 0 Å². The molecule has 0 aliphatic carbocycles. The Hall–Kier alpha value is -1.78. The van der Waals surface area contributed by atoms with Crippen molar-refractivity contribution in [1.82, 2.24) is 5.32 Å². The number of methoxy groups -OCH3 is 1. The van der Waals surface area contributed by atoms with Crippen molar-refractivity contribution in [3.8, 4) is 6.07 Å². The molecule has 0 radical (unpaired) electrons. The predicted molar refractivity (Wildman–Crippen MR) is 72.4 cm³/mol. The molecule has 0 aromatic heterocycles. The number of aliphatic hydroxyl groups is 5. The minimum Gasteiger partial charge on any atom is -0.496 e. The lowest BCUT2D eigenvalue weighted by Crippen LogP contribution is -2.65. The molecule has 2 rings (SSSR count). The Kier molecular flexibility index (Phi) is 5.41. The molecule has 1 fully saturated rings. The van der Waals surface area contributed by atoms with E-state index in [0.717, 1.165) is 13.2 Å². The van der Waals surface area contributed by atoms with E-state index < -0.39 is 55.0 Å². The standard InChI is InChI=1S/C13H18N2O9/c1-22-6-2-7(17)15-12(21)13(6,4-14)24-11-10(20)9(19)8(18)5(3-16)23-11/h2,5,8-12,16,18-21H,3H2,1H3,(H,15,17)/t5-,8-,9+,10-,11+,12+,13-/m1/s1. The van der Waals surface area contributed by atoms with Gasteiger partial charge in [0.25, 0.3) is 5.60 Å². The third kappa shape index (κ3) is 2.96. The maximum atomic E-state index is 11.4. The topological polar surface area (TPSA) is 182 Å². The number of nitriles is 1. The minimum absolute atomic E-state index is 0.349. The highest BCUT2D eigenvalue weighted by Gasteiger charge is 2.54. The molecule has 0 saturated carbocycles. The molecule has 7 atom stereocenters.